The fourth-order valence-electron chi connectivity index (χ4n) is 3.14. The summed E-state index contributed by atoms with van der Waals surface area (Å²) in [5, 5.41) is 14.7. The molecule has 1 aromatic heterocycles. The van der Waals surface area contributed by atoms with Gasteiger partial charge in [-0.05, 0) is 31.2 Å². The molecule has 0 unspecified atom stereocenters. The fraction of sp³-hybridized carbons (Fsp3) is 0.286. The first-order chi connectivity index (χ1) is 15.3. The third kappa shape index (κ3) is 5.06. The number of thioether (sulfide) groups is 1. The monoisotopic (exact) mass is 458 g/mol. The Balaban J connectivity index is 1.86. The van der Waals surface area contributed by atoms with Gasteiger partial charge in [-0.15, -0.1) is 0 Å². The number of nitrogens with one attached hydrogen (secondary N) is 1. The second-order valence-corrected chi connectivity index (χ2v) is 7.81. The third-order valence-corrected chi connectivity index (χ3v) is 5.58. The van der Waals surface area contributed by atoms with Gasteiger partial charge in [-0.25, -0.2) is 4.98 Å². The lowest BCUT2D eigenvalue weighted by molar-refractivity contribution is -0.384. The number of ether oxygens (including phenoxy) is 2. The van der Waals surface area contributed by atoms with Crippen LogP contribution in [0.2, 0.25) is 0 Å². The number of rotatable bonds is 9. The minimum Gasteiger partial charge on any atom is -0.496 e. The number of aromatic nitrogens is 2. The van der Waals surface area contributed by atoms with Crippen LogP contribution >= 0.6 is 11.8 Å². The van der Waals surface area contributed by atoms with E-state index in [0.29, 0.717) is 21.8 Å². The first-order valence-corrected chi connectivity index (χ1v) is 10.6. The number of anilines is 1. The van der Waals surface area contributed by atoms with E-state index in [9.17, 15) is 19.7 Å². The highest BCUT2D eigenvalue weighted by Crippen LogP contribution is 2.29. The van der Waals surface area contributed by atoms with E-state index in [4.69, 9.17) is 9.47 Å². The maximum absolute atomic E-state index is 13.0. The van der Waals surface area contributed by atoms with Gasteiger partial charge in [-0.1, -0.05) is 23.9 Å². The topological polar surface area (TPSA) is 126 Å². The summed E-state index contributed by atoms with van der Waals surface area (Å²) < 4.78 is 11.7. The Kier molecular flexibility index (Phi) is 7.44. The minimum absolute atomic E-state index is 0.0537. The summed E-state index contributed by atoms with van der Waals surface area (Å²) in [4.78, 5) is 40.9. The molecule has 0 aliphatic rings. The molecule has 11 heteroatoms. The predicted molar refractivity (Wildman–Crippen MR) is 122 cm³/mol. The van der Waals surface area contributed by atoms with Gasteiger partial charge in [-0.2, -0.15) is 0 Å². The second kappa shape index (κ2) is 10.2. The molecular formula is C21H22N4O6S. The zero-order valence-electron chi connectivity index (χ0n) is 17.7. The van der Waals surface area contributed by atoms with Crippen LogP contribution in [0.1, 0.15) is 13.0 Å². The van der Waals surface area contributed by atoms with Crippen molar-refractivity contribution in [2.24, 2.45) is 0 Å². The standard InChI is InChI=1S/C21H22N4O6S/c1-13(11-30-2)24-20(27)15-6-4-5-7-16(15)23-21(24)32-12-19(26)22-17-9-8-14(31-3)10-18(17)25(28)29/h4-10,13H,11-12H2,1-3H3,(H,22,26)/t13-/m1/s1. The van der Waals surface area contributed by atoms with Gasteiger partial charge in [0, 0.05) is 7.11 Å². The molecule has 0 aliphatic carbocycles. The minimum atomic E-state index is -0.597. The molecular weight excluding hydrogens is 436 g/mol. The molecule has 0 radical (unpaired) electrons. The smallest absolute Gasteiger partial charge is 0.296 e. The van der Waals surface area contributed by atoms with Crippen LogP contribution in [0.3, 0.4) is 0 Å². The molecule has 0 fully saturated rings. The van der Waals surface area contributed by atoms with Gasteiger partial charge in [0.05, 0.1) is 47.4 Å². The number of benzene rings is 2. The predicted octanol–water partition coefficient (Wildman–Crippen LogP) is 3.25. The Bertz CT molecular complexity index is 1210. The summed E-state index contributed by atoms with van der Waals surface area (Å²) in [6.07, 6.45) is 0. The largest absolute Gasteiger partial charge is 0.496 e. The zero-order chi connectivity index (χ0) is 23.3. The fourth-order valence-corrected chi connectivity index (χ4v) is 4.04. The number of carbonyl (C=O) groups is 1. The van der Waals surface area contributed by atoms with E-state index in [2.05, 4.69) is 10.3 Å². The Hall–Kier alpha value is -3.44. The first-order valence-electron chi connectivity index (χ1n) is 9.61. The number of nitro groups is 1. The van der Waals surface area contributed by atoms with Crippen LogP contribution in [0.5, 0.6) is 5.75 Å². The van der Waals surface area contributed by atoms with Gasteiger partial charge < -0.3 is 14.8 Å². The Labute approximate surface area is 187 Å². The van der Waals surface area contributed by atoms with E-state index < -0.39 is 10.8 Å². The number of nitrogens with zero attached hydrogens (tertiary/aromatic N) is 3. The molecule has 0 saturated carbocycles. The van der Waals surface area contributed by atoms with Crippen molar-refractivity contribution in [3.63, 3.8) is 0 Å². The molecule has 2 aromatic carbocycles. The summed E-state index contributed by atoms with van der Waals surface area (Å²) >= 11 is 1.07. The van der Waals surface area contributed by atoms with E-state index in [1.165, 1.54) is 37.0 Å². The molecule has 0 bridgehead atoms. The van der Waals surface area contributed by atoms with Crippen molar-refractivity contribution in [3.05, 3.63) is 62.9 Å². The molecule has 0 aliphatic heterocycles. The molecule has 10 nitrogen and oxygen atoms in total. The van der Waals surface area contributed by atoms with Gasteiger partial charge in [0.25, 0.3) is 11.2 Å². The molecule has 0 saturated heterocycles. The molecule has 32 heavy (non-hydrogen) atoms. The second-order valence-electron chi connectivity index (χ2n) is 6.87. The van der Waals surface area contributed by atoms with Gasteiger partial charge in [0.15, 0.2) is 5.16 Å². The summed E-state index contributed by atoms with van der Waals surface area (Å²) in [5.41, 5.74) is 0.0658. The van der Waals surface area contributed by atoms with E-state index in [-0.39, 0.29) is 35.3 Å². The Morgan fingerprint density at radius 3 is 2.72 bits per heavy atom. The lowest BCUT2D eigenvalue weighted by atomic mass is 10.2. The molecule has 1 heterocycles. The summed E-state index contributed by atoms with van der Waals surface area (Å²) in [7, 11) is 2.94. The summed E-state index contributed by atoms with van der Waals surface area (Å²) in [6, 6.07) is 10.8. The van der Waals surface area contributed by atoms with Gasteiger partial charge in [0.2, 0.25) is 5.91 Å². The van der Waals surface area contributed by atoms with Crippen molar-refractivity contribution >= 4 is 39.9 Å². The lowest BCUT2D eigenvalue weighted by Gasteiger charge is -2.18. The number of hydrogen-bond acceptors (Lipinski definition) is 8. The average Bonchev–Trinajstić information content (AvgIpc) is 2.78. The molecule has 0 spiro atoms. The molecule has 1 N–H and O–H groups in total. The van der Waals surface area contributed by atoms with Crippen molar-refractivity contribution < 1.29 is 19.2 Å². The first kappa shape index (κ1) is 23.2. The number of nitro benzene ring substituents is 1. The SMILES string of the molecule is COC[C@@H](C)n1c(SCC(=O)Nc2ccc(OC)cc2[N+](=O)[O-])nc2ccccc2c1=O. The van der Waals surface area contributed by atoms with Crippen LogP contribution in [0.25, 0.3) is 10.9 Å². The highest BCUT2D eigenvalue weighted by molar-refractivity contribution is 7.99. The number of fused-ring (bicyclic) bond motifs is 1. The number of carbonyl (C=O) groups excluding carboxylic acids is 1. The Morgan fingerprint density at radius 2 is 2.03 bits per heavy atom. The van der Waals surface area contributed by atoms with Crippen LogP contribution in [0.4, 0.5) is 11.4 Å². The normalized spacial score (nSPS) is 11.8. The van der Waals surface area contributed by atoms with Gasteiger partial charge in [0.1, 0.15) is 11.4 Å². The van der Waals surface area contributed by atoms with E-state index in [1.807, 2.05) is 6.92 Å². The van der Waals surface area contributed by atoms with Gasteiger partial charge in [-0.3, -0.25) is 24.3 Å². The maximum atomic E-state index is 13.0. The van der Waals surface area contributed by atoms with Crippen molar-refractivity contribution in [2.45, 2.75) is 18.1 Å². The zero-order valence-corrected chi connectivity index (χ0v) is 18.5. The molecule has 3 aromatic rings. The molecule has 1 atom stereocenters. The average molecular weight is 458 g/mol. The van der Waals surface area contributed by atoms with Crippen molar-refractivity contribution in [3.8, 4) is 5.75 Å². The third-order valence-electron chi connectivity index (χ3n) is 4.63. The lowest BCUT2D eigenvalue weighted by Crippen LogP contribution is -2.29. The van der Waals surface area contributed by atoms with E-state index >= 15 is 0 Å². The van der Waals surface area contributed by atoms with E-state index in [0.717, 1.165) is 11.8 Å². The summed E-state index contributed by atoms with van der Waals surface area (Å²) in [5.74, 6) is -0.273. The number of para-hydroxylation sites is 1. The van der Waals surface area contributed by atoms with Crippen molar-refractivity contribution in [1.29, 1.82) is 0 Å². The number of methoxy groups -OCH3 is 2. The van der Waals surface area contributed by atoms with E-state index in [1.54, 1.807) is 24.3 Å². The molecule has 3 rings (SSSR count). The van der Waals surface area contributed by atoms with Crippen LogP contribution in [-0.2, 0) is 9.53 Å². The van der Waals surface area contributed by atoms with Crippen LogP contribution in [-0.4, -0.2) is 47.0 Å². The highest BCUT2D eigenvalue weighted by atomic mass is 32.2. The number of hydrogen-bond donors (Lipinski definition) is 1. The summed E-state index contributed by atoms with van der Waals surface area (Å²) in [6.45, 7) is 2.12. The molecule has 168 valence electrons. The highest BCUT2D eigenvalue weighted by Gasteiger charge is 2.20. The maximum Gasteiger partial charge on any atom is 0.296 e. The van der Waals surface area contributed by atoms with Crippen LogP contribution < -0.4 is 15.6 Å². The van der Waals surface area contributed by atoms with Crippen LogP contribution in [0, 0.1) is 10.1 Å². The van der Waals surface area contributed by atoms with Gasteiger partial charge >= 0.3 is 0 Å². The number of amides is 1. The van der Waals surface area contributed by atoms with Crippen molar-refractivity contribution in [2.75, 3.05) is 31.9 Å². The van der Waals surface area contributed by atoms with Crippen LogP contribution in [0.15, 0.2) is 52.4 Å². The quantitative estimate of drug-likeness (QED) is 0.224. The molecule has 1 amide bonds. The Morgan fingerprint density at radius 1 is 1.28 bits per heavy atom. The van der Waals surface area contributed by atoms with Crippen molar-refractivity contribution in [1.82, 2.24) is 9.55 Å².